The minimum atomic E-state index is -0.0111. The van der Waals surface area contributed by atoms with Crippen LogP contribution in [-0.4, -0.2) is 60.0 Å². The van der Waals surface area contributed by atoms with E-state index < -0.39 is 0 Å². The zero-order chi connectivity index (χ0) is 13.5. The van der Waals surface area contributed by atoms with Crippen LogP contribution in [0.25, 0.3) is 0 Å². The third-order valence-corrected chi connectivity index (χ3v) is 5.41. The predicted molar refractivity (Wildman–Crippen MR) is 75.2 cm³/mol. The topological polar surface area (TPSA) is 44.7 Å². The molecule has 0 amide bonds. The Labute approximate surface area is 116 Å². The molecule has 4 heteroatoms. The first-order valence-electron chi connectivity index (χ1n) is 7.86. The summed E-state index contributed by atoms with van der Waals surface area (Å²) in [6.07, 6.45) is 7.46. The third kappa shape index (κ3) is 2.82. The number of aliphatic hydroxyl groups excluding tert-OH is 1. The summed E-state index contributed by atoms with van der Waals surface area (Å²) in [7, 11) is 2.24. The van der Waals surface area contributed by atoms with Crippen LogP contribution >= 0.6 is 0 Å². The maximum Gasteiger partial charge on any atom is 0.0703 e. The molecule has 0 aromatic heterocycles. The van der Waals surface area contributed by atoms with E-state index in [1.807, 2.05) is 0 Å². The van der Waals surface area contributed by atoms with Crippen LogP contribution in [0, 0.1) is 0 Å². The number of likely N-dealkylation sites (N-methyl/N-ethyl adjacent to an activating group) is 1. The lowest BCUT2D eigenvalue weighted by Gasteiger charge is -2.34. The van der Waals surface area contributed by atoms with Gasteiger partial charge in [0.25, 0.3) is 0 Å². The molecule has 1 aliphatic heterocycles. The highest BCUT2D eigenvalue weighted by atomic mass is 16.5. The summed E-state index contributed by atoms with van der Waals surface area (Å²) in [6.45, 7) is 3.36. The molecule has 0 aromatic rings. The van der Waals surface area contributed by atoms with Crippen molar-refractivity contribution in [1.29, 1.82) is 0 Å². The summed E-state index contributed by atoms with van der Waals surface area (Å²) in [5.41, 5.74) is -0.0111. The lowest BCUT2D eigenvalue weighted by Crippen LogP contribution is -2.50. The Balaban J connectivity index is 1.60. The molecule has 0 bridgehead atoms. The van der Waals surface area contributed by atoms with Gasteiger partial charge < -0.3 is 15.2 Å². The second kappa shape index (κ2) is 5.32. The Morgan fingerprint density at radius 3 is 2.68 bits per heavy atom. The van der Waals surface area contributed by atoms with Crippen molar-refractivity contribution >= 4 is 0 Å². The van der Waals surface area contributed by atoms with Crippen molar-refractivity contribution in [2.75, 3.05) is 20.3 Å². The van der Waals surface area contributed by atoms with Gasteiger partial charge in [-0.15, -0.1) is 0 Å². The van der Waals surface area contributed by atoms with Crippen LogP contribution in [0.5, 0.6) is 0 Å². The molecule has 3 fully saturated rings. The minimum absolute atomic E-state index is 0.0111. The molecule has 2 aliphatic carbocycles. The van der Waals surface area contributed by atoms with Gasteiger partial charge in [0.15, 0.2) is 0 Å². The van der Waals surface area contributed by atoms with Crippen LogP contribution in [0.3, 0.4) is 0 Å². The molecule has 0 aromatic carbocycles. The molecule has 3 rings (SSSR count). The molecule has 3 aliphatic rings. The first-order valence-corrected chi connectivity index (χ1v) is 7.86. The van der Waals surface area contributed by atoms with Crippen LogP contribution in [0.2, 0.25) is 0 Å². The Hall–Kier alpha value is -0.160. The van der Waals surface area contributed by atoms with Crippen molar-refractivity contribution in [2.45, 2.75) is 75.2 Å². The summed E-state index contributed by atoms with van der Waals surface area (Å²) >= 11 is 0. The molecular weight excluding hydrogens is 240 g/mol. The van der Waals surface area contributed by atoms with Crippen molar-refractivity contribution in [3.63, 3.8) is 0 Å². The lowest BCUT2D eigenvalue weighted by atomic mass is 9.97. The van der Waals surface area contributed by atoms with Gasteiger partial charge in [0, 0.05) is 30.3 Å². The SMILES string of the molecule is CC1OCCC1N(C)C1CCC(CO)(NC2CC2)C1. The standard InChI is InChI=1S/C15H28N2O2/c1-11-14(6-8-19-11)17(2)13-5-7-15(9-13,10-18)16-12-3-4-12/h11-14,16,18H,3-10H2,1-2H3. The number of nitrogens with zero attached hydrogens (tertiary/aromatic N) is 1. The maximum absolute atomic E-state index is 9.80. The van der Waals surface area contributed by atoms with Gasteiger partial charge in [0.05, 0.1) is 12.7 Å². The van der Waals surface area contributed by atoms with Gasteiger partial charge >= 0.3 is 0 Å². The molecule has 2 N–H and O–H groups in total. The molecule has 1 heterocycles. The second-order valence-corrected chi connectivity index (χ2v) is 6.85. The van der Waals surface area contributed by atoms with Crippen molar-refractivity contribution in [3.8, 4) is 0 Å². The van der Waals surface area contributed by atoms with E-state index in [1.54, 1.807) is 0 Å². The molecule has 0 radical (unpaired) electrons. The number of ether oxygens (including phenoxy) is 1. The second-order valence-electron chi connectivity index (χ2n) is 6.85. The van der Waals surface area contributed by atoms with Gasteiger partial charge in [-0.2, -0.15) is 0 Å². The largest absolute Gasteiger partial charge is 0.394 e. The van der Waals surface area contributed by atoms with Crippen LogP contribution in [0.4, 0.5) is 0 Å². The van der Waals surface area contributed by atoms with Crippen LogP contribution < -0.4 is 5.32 Å². The van der Waals surface area contributed by atoms with Gasteiger partial charge in [0.1, 0.15) is 0 Å². The monoisotopic (exact) mass is 268 g/mol. The van der Waals surface area contributed by atoms with Crippen molar-refractivity contribution in [2.24, 2.45) is 0 Å². The van der Waals surface area contributed by atoms with E-state index in [1.165, 1.54) is 19.3 Å². The first kappa shape index (κ1) is 13.8. The highest BCUT2D eigenvalue weighted by molar-refractivity contribution is 5.03. The van der Waals surface area contributed by atoms with E-state index in [-0.39, 0.29) is 12.1 Å². The Morgan fingerprint density at radius 1 is 1.32 bits per heavy atom. The first-order chi connectivity index (χ1) is 9.13. The van der Waals surface area contributed by atoms with E-state index in [9.17, 15) is 5.11 Å². The molecule has 2 saturated carbocycles. The summed E-state index contributed by atoms with van der Waals surface area (Å²) in [4.78, 5) is 2.52. The Bertz CT molecular complexity index is 321. The average Bonchev–Trinajstić information content (AvgIpc) is 2.94. The zero-order valence-electron chi connectivity index (χ0n) is 12.3. The van der Waals surface area contributed by atoms with E-state index in [0.717, 1.165) is 25.9 Å². The van der Waals surface area contributed by atoms with Gasteiger partial charge in [0.2, 0.25) is 0 Å². The Morgan fingerprint density at radius 2 is 2.11 bits per heavy atom. The molecular formula is C15H28N2O2. The molecule has 4 atom stereocenters. The number of hydrogen-bond acceptors (Lipinski definition) is 4. The van der Waals surface area contributed by atoms with E-state index in [4.69, 9.17) is 4.74 Å². The van der Waals surface area contributed by atoms with Gasteiger partial charge in [-0.1, -0.05) is 0 Å². The molecule has 0 spiro atoms. The molecule has 1 saturated heterocycles. The van der Waals surface area contributed by atoms with Crippen molar-refractivity contribution < 1.29 is 9.84 Å². The number of nitrogens with one attached hydrogen (secondary N) is 1. The Kier molecular flexibility index (Phi) is 3.87. The van der Waals surface area contributed by atoms with Crippen LogP contribution in [-0.2, 0) is 4.74 Å². The van der Waals surface area contributed by atoms with E-state index in [0.29, 0.717) is 24.2 Å². The molecule has 19 heavy (non-hydrogen) atoms. The molecule has 110 valence electrons. The highest BCUT2D eigenvalue weighted by Gasteiger charge is 2.44. The average molecular weight is 268 g/mol. The van der Waals surface area contributed by atoms with Gasteiger partial charge in [-0.3, -0.25) is 4.90 Å². The summed E-state index contributed by atoms with van der Waals surface area (Å²) in [5.74, 6) is 0. The van der Waals surface area contributed by atoms with E-state index in [2.05, 4.69) is 24.2 Å². The fourth-order valence-electron chi connectivity index (χ4n) is 3.95. The lowest BCUT2D eigenvalue weighted by molar-refractivity contribution is 0.0644. The predicted octanol–water partition coefficient (Wildman–Crippen LogP) is 1.13. The molecule has 4 nitrogen and oxygen atoms in total. The van der Waals surface area contributed by atoms with E-state index >= 15 is 0 Å². The third-order valence-electron chi connectivity index (χ3n) is 5.41. The zero-order valence-corrected chi connectivity index (χ0v) is 12.3. The minimum Gasteiger partial charge on any atom is -0.394 e. The van der Waals surface area contributed by atoms with Crippen LogP contribution in [0.1, 0.15) is 45.4 Å². The quantitative estimate of drug-likeness (QED) is 0.784. The number of rotatable bonds is 5. The number of hydrogen-bond donors (Lipinski definition) is 2. The maximum atomic E-state index is 9.80. The van der Waals surface area contributed by atoms with Crippen molar-refractivity contribution in [1.82, 2.24) is 10.2 Å². The molecule has 4 unspecified atom stereocenters. The fourth-order valence-corrected chi connectivity index (χ4v) is 3.95. The summed E-state index contributed by atoms with van der Waals surface area (Å²) < 4.78 is 5.69. The normalized spacial score (nSPS) is 43.3. The smallest absolute Gasteiger partial charge is 0.0703 e. The fraction of sp³-hybridized carbons (Fsp3) is 1.00. The van der Waals surface area contributed by atoms with Gasteiger partial charge in [-0.25, -0.2) is 0 Å². The summed E-state index contributed by atoms with van der Waals surface area (Å²) in [6, 6.07) is 1.82. The number of aliphatic hydroxyl groups is 1. The van der Waals surface area contributed by atoms with Crippen molar-refractivity contribution in [3.05, 3.63) is 0 Å². The van der Waals surface area contributed by atoms with Crippen LogP contribution in [0.15, 0.2) is 0 Å². The van der Waals surface area contributed by atoms with Gasteiger partial charge in [-0.05, 0) is 52.5 Å². The highest BCUT2D eigenvalue weighted by Crippen LogP contribution is 2.37. The summed E-state index contributed by atoms with van der Waals surface area (Å²) in [5, 5.41) is 13.5.